The summed E-state index contributed by atoms with van der Waals surface area (Å²) < 4.78 is 17.5. The van der Waals surface area contributed by atoms with Gasteiger partial charge >= 0.3 is 0 Å². The van der Waals surface area contributed by atoms with Crippen LogP contribution in [0.25, 0.3) is 0 Å². The largest absolute Gasteiger partial charge is 0.497 e. The number of ether oxygens (including phenoxy) is 2. The minimum absolute atomic E-state index is 0.196. The maximum Gasteiger partial charge on any atom is 0.290 e. The average molecular weight is 499 g/mol. The van der Waals surface area contributed by atoms with E-state index in [-0.39, 0.29) is 24.2 Å². The van der Waals surface area contributed by atoms with E-state index in [0.29, 0.717) is 35.9 Å². The third kappa shape index (κ3) is 5.13. The van der Waals surface area contributed by atoms with Gasteiger partial charge in [0.1, 0.15) is 29.9 Å². The Morgan fingerprint density at radius 2 is 1.94 bits per heavy atom. The number of halogens is 1. The molecule has 1 atom stereocenters. The summed E-state index contributed by atoms with van der Waals surface area (Å²) in [6, 6.07) is 17.4. The van der Waals surface area contributed by atoms with Crippen molar-refractivity contribution in [2.75, 3.05) is 19.0 Å². The van der Waals surface area contributed by atoms with Crippen molar-refractivity contribution < 1.29 is 23.5 Å². The van der Waals surface area contributed by atoms with Crippen molar-refractivity contribution in [1.82, 2.24) is 4.90 Å². The number of rotatable bonds is 7. The monoisotopic (exact) mass is 498 g/mol. The van der Waals surface area contributed by atoms with Crippen LogP contribution in [0.1, 0.15) is 29.2 Å². The molecule has 2 heterocycles. The quantitative estimate of drug-likeness (QED) is 0.502. The van der Waals surface area contributed by atoms with Crippen molar-refractivity contribution in [3.63, 3.8) is 0 Å². The molecule has 0 saturated carbocycles. The highest BCUT2D eigenvalue weighted by atomic mass is 79.9. The van der Waals surface area contributed by atoms with Crippen LogP contribution in [0, 0.1) is 0 Å². The van der Waals surface area contributed by atoms with E-state index in [1.54, 1.807) is 48.4 Å². The van der Waals surface area contributed by atoms with Crippen LogP contribution in [-0.2, 0) is 11.4 Å². The minimum atomic E-state index is -0.545. The summed E-state index contributed by atoms with van der Waals surface area (Å²) in [7, 11) is 1.59. The molecule has 2 aromatic carbocycles. The second kappa shape index (κ2) is 9.91. The molecular weight excluding hydrogens is 476 g/mol. The zero-order valence-corrected chi connectivity index (χ0v) is 19.1. The van der Waals surface area contributed by atoms with Crippen LogP contribution in [0.3, 0.4) is 0 Å². The predicted octanol–water partition coefficient (Wildman–Crippen LogP) is 4.87. The number of amides is 2. The van der Waals surface area contributed by atoms with Gasteiger partial charge in [0.2, 0.25) is 5.91 Å². The number of carbonyl (C=O) groups excluding carboxylic acids is 2. The molecule has 3 aromatic rings. The Morgan fingerprint density at radius 1 is 1.12 bits per heavy atom. The summed E-state index contributed by atoms with van der Waals surface area (Å²) in [6.45, 7) is 0.704. The number of hydrogen-bond donors (Lipinski definition) is 1. The molecule has 1 saturated heterocycles. The second-order valence-corrected chi connectivity index (χ2v) is 8.30. The van der Waals surface area contributed by atoms with Gasteiger partial charge in [-0.2, -0.15) is 0 Å². The van der Waals surface area contributed by atoms with E-state index in [1.165, 1.54) is 0 Å². The van der Waals surface area contributed by atoms with Gasteiger partial charge in [-0.3, -0.25) is 9.59 Å². The molecule has 166 valence electrons. The number of likely N-dealkylation sites (tertiary alicyclic amines) is 1. The Kier molecular flexibility index (Phi) is 6.80. The number of carbonyl (C=O) groups is 2. The molecule has 1 fully saturated rings. The summed E-state index contributed by atoms with van der Waals surface area (Å²) in [5, 5.41) is 2.88. The van der Waals surface area contributed by atoms with Crippen LogP contribution in [0.5, 0.6) is 11.5 Å². The van der Waals surface area contributed by atoms with Crippen molar-refractivity contribution in [2.24, 2.45) is 0 Å². The highest BCUT2D eigenvalue weighted by molar-refractivity contribution is 9.10. The molecule has 0 bridgehead atoms. The second-order valence-electron chi connectivity index (χ2n) is 7.39. The molecule has 1 aromatic heterocycles. The maximum atomic E-state index is 13.0. The molecular formula is C24H23BrN2O5. The number of anilines is 1. The van der Waals surface area contributed by atoms with Crippen LogP contribution in [-0.4, -0.2) is 36.4 Å². The highest BCUT2D eigenvalue weighted by Crippen LogP contribution is 2.24. The van der Waals surface area contributed by atoms with E-state index in [4.69, 9.17) is 13.9 Å². The molecule has 2 amide bonds. The Balaban J connectivity index is 1.38. The summed E-state index contributed by atoms with van der Waals surface area (Å²) in [6.07, 6.45) is 1.36. The Hall–Kier alpha value is -3.26. The fourth-order valence-corrected chi connectivity index (χ4v) is 3.98. The van der Waals surface area contributed by atoms with Crippen LogP contribution in [0.4, 0.5) is 5.69 Å². The van der Waals surface area contributed by atoms with Gasteiger partial charge < -0.3 is 24.1 Å². The first-order chi connectivity index (χ1) is 15.5. The van der Waals surface area contributed by atoms with Gasteiger partial charge in [-0.05, 0) is 67.4 Å². The fraction of sp³-hybridized carbons (Fsp3) is 0.250. The first-order valence-electron chi connectivity index (χ1n) is 10.3. The van der Waals surface area contributed by atoms with Gasteiger partial charge in [-0.25, -0.2) is 0 Å². The summed E-state index contributed by atoms with van der Waals surface area (Å²) in [4.78, 5) is 27.4. The van der Waals surface area contributed by atoms with E-state index < -0.39 is 6.04 Å². The molecule has 1 aliphatic heterocycles. The molecule has 1 unspecified atom stereocenters. The molecule has 8 heteroatoms. The number of benzene rings is 2. The number of hydrogen-bond acceptors (Lipinski definition) is 5. The lowest BCUT2D eigenvalue weighted by Gasteiger charge is -2.23. The zero-order chi connectivity index (χ0) is 22.5. The van der Waals surface area contributed by atoms with Crippen LogP contribution in [0.2, 0.25) is 0 Å². The highest BCUT2D eigenvalue weighted by Gasteiger charge is 2.35. The van der Waals surface area contributed by atoms with Crippen molar-refractivity contribution >= 4 is 33.4 Å². The van der Waals surface area contributed by atoms with Gasteiger partial charge in [0.25, 0.3) is 5.91 Å². The van der Waals surface area contributed by atoms with Gasteiger partial charge in [0.15, 0.2) is 5.76 Å². The van der Waals surface area contributed by atoms with Gasteiger partial charge in [-0.1, -0.05) is 22.0 Å². The first-order valence-corrected chi connectivity index (χ1v) is 11.1. The van der Waals surface area contributed by atoms with Crippen molar-refractivity contribution in [3.8, 4) is 11.5 Å². The van der Waals surface area contributed by atoms with Crippen molar-refractivity contribution in [2.45, 2.75) is 25.5 Å². The normalized spacial score (nSPS) is 15.4. The lowest BCUT2D eigenvalue weighted by Crippen LogP contribution is -2.43. The van der Waals surface area contributed by atoms with Crippen LogP contribution >= 0.6 is 15.9 Å². The smallest absolute Gasteiger partial charge is 0.290 e. The molecule has 4 rings (SSSR count). The number of nitrogens with zero attached hydrogens (tertiary/aromatic N) is 1. The molecule has 1 aliphatic rings. The number of nitrogens with one attached hydrogen (secondary N) is 1. The topological polar surface area (TPSA) is 81.0 Å². The standard InChI is InChI=1S/C24H23BrN2O5/c1-30-18-9-7-17(8-10-18)26-23(28)21-6-3-13-27(21)24(29)22-12-11-20(32-22)15-31-19-5-2-4-16(25)14-19/h2,4-5,7-12,14,21H,3,6,13,15H2,1H3,(H,26,28). The molecule has 32 heavy (non-hydrogen) atoms. The molecule has 0 aliphatic carbocycles. The molecule has 1 N–H and O–H groups in total. The third-order valence-electron chi connectivity index (χ3n) is 5.22. The first kappa shape index (κ1) is 22.0. The summed E-state index contributed by atoms with van der Waals surface area (Å²) >= 11 is 3.40. The molecule has 0 radical (unpaired) electrons. The molecule has 0 spiro atoms. The maximum absolute atomic E-state index is 13.0. The van der Waals surface area contributed by atoms with Gasteiger partial charge in [0, 0.05) is 16.7 Å². The lowest BCUT2D eigenvalue weighted by atomic mass is 10.2. The fourth-order valence-electron chi connectivity index (χ4n) is 3.61. The Labute approximate surface area is 194 Å². The number of furan rings is 1. The number of methoxy groups -OCH3 is 1. The zero-order valence-electron chi connectivity index (χ0n) is 17.5. The van der Waals surface area contributed by atoms with Crippen LogP contribution in [0.15, 0.2) is 69.6 Å². The Bertz CT molecular complexity index is 1100. The van der Waals surface area contributed by atoms with E-state index >= 15 is 0 Å². The SMILES string of the molecule is COc1ccc(NC(=O)C2CCCN2C(=O)c2ccc(COc3cccc(Br)c3)o2)cc1. The average Bonchev–Trinajstić information content (AvgIpc) is 3.48. The lowest BCUT2D eigenvalue weighted by molar-refractivity contribution is -0.119. The van der Waals surface area contributed by atoms with E-state index in [1.807, 2.05) is 24.3 Å². The van der Waals surface area contributed by atoms with Gasteiger partial charge in [0.05, 0.1) is 7.11 Å². The predicted molar refractivity (Wildman–Crippen MR) is 123 cm³/mol. The van der Waals surface area contributed by atoms with Crippen molar-refractivity contribution in [1.29, 1.82) is 0 Å². The molecule has 7 nitrogen and oxygen atoms in total. The summed E-state index contributed by atoms with van der Waals surface area (Å²) in [5.41, 5.74) is 0.653. The van der Waals surface area contributed by atoms with E-state index in [0.717, 1.165) is 10.9 Å². The minimum Gasteiger partial charge on any atom is -0.497 e. The van der Waals surface area contributed by atoms with Gasteiger partial charge in [-0.15, -0.1) is 0 Å². The van der Waals surface area contributed by atoms with E-state index in [2.05, 4.69) is 21.2 Å². The Morgan fingerprint density at radius 3 is 2.69 bits per heavy atom. The van der Waals surface area contributed by atoms with Crippen LogP contribution < -0.4 is 14.8 Å². The third-order valence-corrected chi connectivity index (χ3v) is 5.72. The van der Waals surface area contributed by atoms with Crippen molar-refractivity contribution in [3.05, 3.63) is 76.7 Å². The van der Waals surface area contributed by atoms with E-state index in [9.17, 15) is 9.59 Å². The summed E-state index contributed by atoms with van der Waals surface area (Å²) in [5.74, 6) is 1.61.